The van der Waals surface area contributed by atoms with Gasteiger partial charge in [0.15, 0.2) is 17.3 Å². The molecule has 0 saturated heterocycles. The number of hydrogen-bond acceptors (Lipinski definition) is 6. The molecular weight excluding hydrogens is 418 g/mol. The molecule has 0 fully saturated rings. The number of hydrogen-bond donors (Lipinski definition) is 1. The molecule has 0 amide bonds. The van der Waals surface area contributed by atoms with Crippen LogP contribution in [0.3, 0.4) is 0 Å². The molecule has 0 aliphatic heterocycles. The highest BCUT2D eigenvalue weighted by molar-refractivity contribution is 7.99. The summed E-state index contributed by atoms with van der Waals surface area (Å²) < 4.78 is 39.5. The minimum absolute atomic E-state index is 0.0612. The predicted molar refractivity (Wildman–Crippen MR) is 110 cm³/mol. The van der Waals surface area contributed by atoms with Gasteiger partial charge in [-0.15, -0.1) is 11.8 Å². The van der Waals surface area contributed by atoms with E-state index in [1.54, 1.807) is 18.2 Å². The maximum Gasteiger partial charge on any atom is 0.387 e. The molecular formula is C21H20F2O6S. The number of carboxylic acid groups (broad SMARTS) is 1. The summed E-state index contributed by atoms with van der Waals surface area (Å²) in [5.41, 5.74) is 1.67. The minimum Gasteiger partial charge on any atom is -0.496 e. The normalized spacial score (nSPS) is 11.0. The van der Waals surface area contributed by atoms with Crippen molar-refractivity contribution in [1.82, 2.24) is 0 Å². The fraction of sp³-hybridized carbons (Fsp3) is 0.238. The van der Waals surface area contributed by atoms with Crippen molar-refractivity contribution < 1.29 is 37.7 Å². The molecule has 0 atom stereocenters. The lowest BCUT2D eigenvalue weighted by Crippen LogP contribution is -2.03. The van der Waals surface area contributed by atoms with Gasteiger partial charge in [0.1, 0.15) is 5.75 Å². The van der Waals surface area contributed by atoms with Crippen molar-refractivity contribution in [3.05, 3.63) is 59.2 Å². The minimum atomic E-state index is -2.97. The van der Waals surface area contributed by atoms with Gasteiger partial charge in [0.25, 0.3) is 0 Å². The molecule has 0 unspecified atom stereocenters. The summed E-state index contributed by atoms with van der Waals surface area (Å²) in [5.74, 6) is -0.310. The first kappa shape index (κ1) is 23.2. The number of halogens is 2. The second-order valence-electron chi connectivity index (χ2n) is 5.90. The third-order valence-corrected chi connectivity index (χ3v) is 4.85. The first-order chi connectivity index (χ1) is 14.3. The van der Waals surface area contributed by atoms with Crippen molar-refractivity contribution in [1.29, 1.82) is 0 Å². The van der Waals surface area contributed by atoms with Gasteiger partial charge in [-0.05, 0) is 42.0 Å². The number of rotatable bonds is 11. The van der Waals surface area contributed by atoms with Crippen molar-refractivity contribution in [2.75, 3.05) is 20.0 Å². The lowest BCUT2D eigenvalue weighted by molar-refractivity contribution is -0.133. The van der Waals surface area contributed by atoms with E-state index in [-0.39, 0.29) is 23.0 Å². The zero-order valence-corrected chi connectivity index (χ0v) is 17.1. The van der Waals surface area contributed by atoms with Crippen LogP contribution in [0.15, 0.2) is 42.5 Å². The fourth-order valence-corrected chi connectivity index (χ4v) is 3.26. The molecule has 0 bridgehead atoms. The molecule has 1 N–H and O–H groups in total. The van der Waals surface area contributed by atoms with E-state index < -0.39 is 12.6 Å². The van der Waals surface area contributed by atoms with E-state index in [2.05, 4.69) is 4.74 Å². The Balaban J connectivity index is 2.16. The number of aliphatic carboxylic acids is 1. The predicted octanol–water partition coefficient (Wildman–Crippen LogP) is 4.52. The highest BCUT2D eigenvalue weighted by atomic mass is 32.2. The van der Waals surface area contributed by atoms with E-state index in [1.807, 2.05) is 0 Å². The number of thioether (sulfide) groups is 1. The number of carbonyl (C=O) groups excluding carboxylic acids is 1. The Bertz CT molecular complexity index is 930. The molecule has 160 valence electrons. The first-order valence-corrected chi connectivity index (χ1v) is 9.81. The van der Waals surface area contributed by atoms with E-state index in [9.17, 15) is 18.4 Å². The molecule has 0 saturated carbocycles. The second-order valence-corrected chi connectivity index (χ2v) is 6.89. The zero-order valence-electron chi connectivity index (χ0n) is 16.3. The average molecular weight is 438 g/mol. The SMILES string of the molecule is COc1ccc(C(=O)C=Cc2ccc(OC(F)F)c(OC)c2)cc1CSCC(=O)O. The van der Waals surface area contributed by atoms with Crippen LogP contribution in [-0.2, 0) is 10.5 Å². The lowest BCUT2D eigenvalue weighted by Gasteiger charge is -2.10. The summed E-state index contributed by atoms with van der Waals surface area (Å²) in [6, 6.07) is 9.24. The quantitative estimate of drug-likeness (QED) is 0.408. The van der Waals surface area contributed by atoms with E-state index in [0.29, 0.717) is 28.2 Å². The standard InChI is InChI=1S/C21H20F2O6S/c1-27-17-8-5-14(10-15(17)11-30-12-20(25)26)16(24)6-3-13-4-7-18(29-21(22)23)19(9-13)28-2/h3-10,21H,11-12H2,1-2H3,(H,25,26). The van der Waals surface area contributed by atoms with Crippen molar-refractivity contribution in [2.24, 2.45) is 0 Å². The Morgan fingerprint density at radius 1 is 1.07 bits per heavy atom. The van der Waals surface area contributed by atoms with Crippen molar-refractivity contribution >= 4 is 29.6 Å². The van der Waals surface area contributed by atoms with Crippen molar-refractivity contribution in [3.63, 3.8) is 0 Å². The van der Waals surface area contributed by atoms with E-state index >= 15 is 0 Å². The summed E-state index contributed by atoms with van der Waals surface area (Å²) in [6.45, 7) is -2.97. The summed E-state index contributed by atoms with van der Waals surface area (Å²) >= 11 is 1.20. The van der Waals surface area contributed by atoms with Crippen LogP contribution in [0.4, 0.5) is 8.78 Å². The topological polar surface area (TPSA) is 82.1 Å². The van der Waals surface area contributed by atoms with Crippen LogP contribution in [0.5, 0.6) is 17.2 Å². The highest BCUT2D eigenvalue weighted by Crippen LogP contribution is 2.30. The van der Waals surface area contributed by atoms with Gasteiger partial charge >= 0.3 is 12.6 Å². The average Bonchev–Trinajstić information content (AvgIpc) is 2.72. The van der Waals surface area contributed by atoms with E-state index in [1.165, 1.54) is 56.3 Å². The second kappa shape index (κ2) is 11.2. The summed E-state index contributed by atoms with van der Waals surface area (Å²) in [5, 5.41) is 8.77. The number of ketones is 1. The molecule has 0 heterocycles. The van der Waals surface area contributed by atoms with Crippen LogP contribution in [0.25, 0.3) is 6.08 Å². The fourth-order valence-electron chi connectivity index (χ4n) is 2.54. The number of benzene rings is 2. The third-order valence-electron chi connectivity index (χ3n) is 3.88. The number of alkyl halides is 2. The monoisotopic (exact) mass is 438 g/mol. The Labute approximate surface area is 176 Å². The Hall–Kier alpha value is -3.07. The Kier molecular flexibility index (Phi) is 8.67. The smallest absolute Gasteiger partial charge is 0.387 e. The maximum absolute atomic E-state index is 12.5. The van der Waals surface area contributed by atoms with Gasteiger partial charge in [-0.2, -0.15) is 8.78 Å². The van der Waals surface area contributed by atoms with Crippen LogP contribution < -0.4 is 14.2 Å². The molecule has 0 aliphatic rings. The number of ether oxygens (including phenoxy) is 3. The van der Waals surface area contributed by atoms with Crippen LogP contribution in [0.2, 0.25) is 0 Å². The molecule has 0 spiro atoms. The lowest BCUT2D eigenvalue weighted by atomic mass is 10.1. The van der Waals surface area contributed by atoms with Gasteiger partial charge in [0.05, 0.1) is 20.0 Å². The number of allylic oxidation sites excluding steroid dienone is 1. The first-order valence-electron chi connectivity index (χ1n) is 8.65. The Morgan fingerprint density at radius 3 is 2.40 bits per heavy atom. The zero-order chi connectivity index (χ0) is 22.1. The van der Waals surface area contributed by atoms with Gasteiger partial charge in [-0.25, -0.2) is 0 Å². The van der Waals surface area contributed by atoms with Gasteiger partial charge in [-0.3, -0.25) is 9.59 Å². The van der Waals surface area contributed by atoms with E-state index in [0.717, 1.165) is 0 Å². The summed E-state index contributed by atoms with van der Waals surface area (Å²) in [7, 11) is 2.82. The maximum atomic E-state index is 12.5. The molecule has 2 rings (SSSR count). The van der Waals surface area contributed by atoms with Crippen LogP contribution in [-0.4, -0.2) is 43.4 Å². The largest absolute Gasteiger partial charge is 0.496 e. The van der Waals surface area contributed by atoms with E-state index in [4.69, 9.17) is 14.6 Å². The molecule has 2 aromatic carbocycles. The van der Waals surface area contributed by atoms with Gasteiger partial charge < -0.3 is 19.3 Å². The molecule has 2 aromatic rings. The molecule has 9 heteroatoms. The summed E-state index contributed by atoms with van der Waals surface area (Å²) in [6.07, 6.45) is 2.87. The summed E-state index contributed by atoms with van der Waals surface area (Å²) in [4.78, 5) is 23.2. The molecule has 0 radical (unpaired) electrons. The molecule has 0 aromatic heterocycles. The number of carbonyl (C=O) groups is 2. The van der Waals surface area contributed by atoms with Crippen LogP contribution >= 0.6 is 11.8 Å². The highest BCUT2D eigenvalue weighted by Gasteiger charge is 2.12. The number of methoxy groups -OCH3 is 2. The number of carboxylic acids is 1. The Morgan fingerprint density at radius 2 is 1.77 bits per heavy atom. The van der Waals surface area contributed by atoms with Crippen molar-refractivity contribution in [2.45, 2.75) is 12.4 Å². The van der Waals surface area contributed by atoms with Gasteiger partial charge in [0, 0.05) is 16.9 Å². The molecule has 30 heavy (non-hydrogen) atoms. The van der Waals surface area contributed by atoms with Crippen LogP contribution in [0.1, 0.15) is 21.5 Å². The van der Waals surface area contributed by atoms with Crippen molar-refractivity contribution in [3.8, 4) is 17.2 Å². The molecule has 6 nitrogen and oxygen atoms in total. The molecule has 0 aliphatic carbocycles. The van der Waals surface area contributed by atoms with Crippen LogP contribution in [0, 0.1) is 0 Å². The van der Waals surface area contributed by atoms with Gasteiger partial charge in [0.2, 0.25) is 0 Å². The van der Waals surface area contributed by atoms with Gasteiger partial charge in [-0.1, -0.05) is 12.1 Å². The third kappa shape index (κ3) is 6.77.